The molecule has 3 N–H and O–H groups in total. The summed E-state index contributed by atoms with van der Waals surface area (Å²) >= 11 is 0. The zero-order valence-corrected chi connectivity index (χ0v) is 24.5. The molecule has 1 aromatic carbocycles. The minimum atomic E-state index is -0.452. The molecule has 7 nitrogen and oxygen atoms in total. The highest BCUT2D eigenvalue weighted by molar-refractivity contribution is 6.32. The summed E-state index contributed by atoms with van der Waals surface area (Å²) < 4.78 is 20.0. The normalized spacial score (nSPS) is 13.5. The SMILES string of the molecule is CCCC(CC)C(C)CCN=CC(CN)=Nc1ncc(CCc2cc(C(=O)NC)cc(OC)c2F)cc1CC. The van der Waals surface area contributed by atoms with Gasteiger partial charge in [0.05, 0.1) is 12.8 Å². The number of carbonyl (C=O) groups excluding carboxylic acids is 1. The lowest BCUT2D eigenvalue weighted by molar-refractivity contribution is 0.0962. The Morgan fingerprint density at radius 1 is 1.18 bits per heavy atom. The maximum atomic E-state index is 14.9. The van der Waals surface area contributed by atoms with Crippen LogP contribution in [-0.4, -0.2) is 50.1 Å². The molecule has 1 amide bonds. The molecule has 2 atom stereocenters. The number of amides is 1. The van der Waals surface area contributed by atoms with E-state index in [4.69, 9.17) is 15.5 Å². The second kappa shape index (κ2) is 16.7. The topological polar surface area (TPSA) is 102 Å². The van der Waals surface area contributed by atoms with Crippen LogP contribution in [0.4, 0.5) is 10.2 Å². The van der Waals surface area contributed by atoms with E-state index < -0.39 is 5.82 Å². The molecule has 8 heteroatoms. The third-order valence-corrected chi connectivity index (χ3v) is 7.29. The van der Waals surface area contributed by atoms with E-state index in [1.807, 2.05) is 0 Å². The monoisotopic (exact) mass is 539 g/mol. The van der Waals surface area contributed by atoms with E-state index in [2.05, 4.69) is 49.1 Å². The zero-order valence-electron chi connectivity index (χ0n) is 24.5. The van der Waals surface area contributed by atoms with Crippen molar-refractivity contribution in [1.82, 2.24) is 10.3 Å². The van der Waals surface area contributed by atoms with Crippen molar-refractivity contribution in [1.29, 1.82) is 0 Å². The van der Waals surface area contributed by atoms with Gasteiger partial charge < -0.3 is 15.8 Å². The average Bonchev–Trinajstić information content (AvgIpc) is 2.96. The molecule has 0 fully saturated rings. The Bertz CT molecular complexity index is 1130. The summed E-state index contributed by atoms with van der Waals surface area (Å²) in [7, 11) is 2.93. The minimum Gasteiger partial charge on any atom is -0.494 e. The van der Waals surface area contributed by atoms with Crippen molar-refractivity contribution in [2.24, 2.45) is 27.6 Å². The Balaban J connectivity index is 2.12. The number of aromatic nitrogens is 1. The largest absolute Gasteiger partial charge is 0.494 e. The molecule has 0 bridgehead atoms. The summed E-state index contributed by atoms with van der Waals surface area (Å²) in [5, 5.41) is 2.57. The molecule has 0 spiro atoms. The zero-order chi connectivity index (χ0) is 28.8. The quantitative estimate of drug-likeness (QED) is 0.260. The number of aryl methyl sites for hydroxylation is 3. The Hall–Kier alpha value is -3.13. The lowest BCUT2D eigenvalue weighted by atomic mass is 9.86. The molecule has 0 radical (unpaired) electrons. The van der Waals surface area contributed by atoms with E-state index in [0.29, 0.717) is 41.4 Å². The molecule has 1 heterocycles. The van der Waals surface area contributed by atoms with Gasteiger partial charge in [0.25, 0.3) is 5.91 Å². The number of ether oxygens (including phenoxy) is 1. The summed E-state index contributed by atoms with van der Waals surface area (Å²) in [6.45, 7) is 9.92. The van der Waals surface area contributed by atoms with Crippen molar-refractivity contribution in [3.63, 3.8) is 0 Å². The maximum absolute atomic E-state index is 14.9. The number of hydrogen-bond donors (Lipinski definition) is 2. The van der Waals surface area contributed by atoms with Crippen LogP contribution in [-0.2, 0) is 19.3 Å². The summed E-state index contributed by atoms with van der Waals surface area (Å²) in [4.78, 5) is 26.0. The lowest BCUT2D eigenvalue weighted by Gasteiger charge is -2.21. The number of nitrogens with zero attached hydrogens (tertiary/aromatic N) is 3. The van der Waals surface area contributed by atoms with Crippen molar-refractivity contribution >= 4 is 23.7 Å². The van der Waals surface area contributed by atoms with Gasteiger partial charge in [-0.25, -0.2) is 14.4 Å². The summed E-state index contributed by atoms with van der Waals surface area (Å²) in [5.41, 5.74) is 9.39. The van der Waals surface area contributed by atoms with Crippen molar-refractivity contribution in [2.75, 3.05) is 27.2 Å². The van der Waals surface area contributed by atoms with Crippen molar-refractivity contribution < 1.29 is 13.9 Å². The van der Waals surface area contributed by atoms with Crippen molar-refractivity contribution in [2.45, 2.75) is 72.6 Å². The first-order valence-electron chi connectivity index (χ1n) is 14.1. The molecule has 0 saturated heterocycles. The van der Waals surface area contributed by atoms with Crippen LogP contribution >= 0.6 is 0 Å². The number of aliphatic imine (C=N–C) groups is 2. The number of hydrogen-bond acceptors (Lipinski definition) is 6. The van der Waals surface area contributed by atoms with Gasteiger partial charge >= 0.3 is 0 Å². The number of rotatable bonds is 16. The van der Waals surface area contributed by atoms with Crippen LogP contribution in [0.25, 0.3) is 0 Å². The van der Waals surface area contributed by atoms with E-state index >= 15 is 0 Å². The van der Waals surface area contributed by atoms with E-state index in [1.54, 1.807) is 25.5 Å². The summed E-state index contributed by atoms with van der Waals surface area (Å²) in [6.07, 6.45) is 10.00. The van der Waals surface area contributed by atoms with Crippen LogP contribution < -0.4 is 15.8 Å². The number of halogens is 1. The molecule has 39 heavy (non-hydrogen) atoms. The highest BCUT2D eigenvalue weighted by atomic mass is 19.1. The van der Waals surface area contributed by atoms with Crippen LogP contribution in [0.1, 0.15) is 80.4 Å². The van der Waals surface area contributed by atoms with Crippen LogP contribution in [0.2, 0.25) is 0 Å². The molecule has 214 valence electrons. The second-order valence-electron chi connectivity index (χ2n) is 9.98. The molecule has 1 aromatic heterocycles. The third-order valence-electron chi connectivity index (χ3n) is 7.29. The molecule has 2 rings (SSSR count). The first-order chi connectivity index (χ1) is 18.8. The van der Waals surface area contributed by atoms with E-state index in [0.717, 1.165) is 36.4 Å². The van der Waals surface area contributed by atoms with Crippen LogP contribution in [0.5, 0.6) is 5.75 Å². The number of benzene rings is 1. The van der Waals surface area contributed by atoms with Gasteiger partial charge in [0.2, 0.25) is 0 Å². The Morgan fingerprint density at radius 2 is 1.95 bits per heavy atom. The van der Waals surface area contributed by atoms with Crippen molar-refractivity contribution in [3.05, 3.63) is 52.5 Å². The molecule has 0 saturated carbocycles. The average molecular weight is 540 g/mol. The van der Waals surface area contributed by atoms with E-state index in [-0.39, 0.29) is 18.2 Å². The number of nitrogens with two attached hydrogens (primary N) is 1. The summed E-state index contributed by atoms with van der Waals surface area (Å²) in [5.74, 6) is 1.34. The number of pyridine rings is 1. The number of carbonyl (C=O) groups is 1. The fraction of sp³-hybridized carbons (Fsp3) is 0.548. The van der Waals surface area contributed by atoms with Crippen molar-refractivity contribution in [3.8, 4) is 5.75 Å². The number of nitrogens with one attached hydrogen (secondary N) is 1. The van der Waals surface area contributed by atoms with Gasteiger partial charge in [-0.3, -0.25) is 9.79 Å². The fourth-order valence-corrected chi connectivity index (χ4v) is 4.80. The predicted molar refractivity (Wildman–Crippen MR) is 159 cm³/mol. The highest BCUT2D eigenvalue weighted by Crippen LogP contribution is 2.26. The molecule has 0 aliphatic rings. The molecule has 0 aliphatic heterocycles. The van der Waals surface area contributed by atoms with E-state index in [1.165, 1.54) is 32.4 Å². The van der Waals surface area contributed by atoms with Gasteiger partial charge in [-0.05, 0) is 66.3 Å². The van der Waals surface area contributed by atoms with Gasteiger partial charge in [0.1, 0.15) is 0 Å². The first-order valence-corrected chi connectivity index (χ1v) is 14.1. The smallest absolute Gasteiger partial charge is 0.251 e. The highest BCUT2D eigenvalue weighted by Gasteiger charge is 2.16. The molecule has 2 unspecified atom stereocenters. The Kier molecular flexibility index (Phi) is 13.8. The standard InChI is InChI=1S/C31H46FN5O2/c1-7-10-23(8-2)21(4)13-14-35-20-27(18-33)37-30-24(9-3)15-22(19-36-30)11-12-25-16-26(31(38)34-5)17-28(39-6)29(25)32/h15-17,19-21,23H,7-14,18,33H2,1-6H3,(H,34,38). The Labute approximate surface area is 233 Å². The molecule has 2 aromatic rings. The molecular formula is C31H46FN5O2. The van der Waals surface area contributed by atoms with Gasteiger partial charge in [-0.1, -0.05) is 53.0 Å². The molecular weight excluding hydrogens is 493 g/mol. The van der Waals surface area contributed by atoms with Crippen LogP contribution in [0.3, 0.4) is 0 Å². The summed E-state index contributed by atoms with van der Waals surface area (Å²) in [6, 6.07) is 5.03. The van der Waals surface area contributed by atoms with Gasteiger partial charge in [-0.15, -0.1) is 0 Å². The van der Waals surface area contributed by atoms with Crippen LogP contribution in [0.15, 0.2) is 34.4 Å². The van der Waals surface area contributed by atoms with Gasteiger partial charge in [0, 0.05) is 38.1 Å². The van der Waals surface area contributed by atoms with Crippen LogP contribution in [0, 0.1) is 17.7 Å². The lowest BCUT2D eigenvalue weighted by Crippen LogP contribution is -2.18. The van der Waals surface area contributed by atoms with Gasteiger partial charge in [-0.2, -0.15) is 0 Å². The predicted octanol–water partition coefficient (Wildman–Crippen LogP) is 5.89. The molecule has 0 aliphatic carbocycles. The second-order valence-corrected chi connectivity index (χ2v) is 9.98. The fourth-order valence-electron chi connectivity index (χ4n) is 4.80. The minimum absolute atomic E-state index is 0.0553. The third kappa shape index (κ3) is 9.53. The first kappa shape index (κ1) is 32.1. The maximum Gasteiger partial charge on any atom is 0.251 e. The van der Waals surface area contributed by atoms with E-state index in [9.17, 15) is 9.18 Å². The number of methoxy groups -OCH3 is 1. The van der Waals surface area contributed by atoms with Gasteiger partial charge in [0.15, 0.2) is 17.4 Å². The Morgan fingerprint density at radius 3 is 2.56 bits per heavy atom.